The summed E-state index contributed by atoms with van der Waals surface area (Å²) in [7, 11) is 0. The molecular weight excluding hydrogens is 394 g/mol. The number of hydrogen-bond acceptors (Lipinski definition) is 3. The van der Waals surface area contributed by atoms with Crippen molar-refractivity contribution < 1.29 is 4.42 Å². The lowest BCUT2D eigenvalue weighted by atomic mass is 9.65. The molecule has 1 saturated carbocycles. The third-order valence-corrected chi connectivity index (χ3v) is 6.88. The van der Waals surface area contributed by atoms with Gasteiger partial charge in [-0.05, 0) is 35.7 Å². The highest BCUT2D eigenvalue weighted by molar-refractivity contribution is 5.88. The fraction of sp³-hybridized carbons (Fsp3) is 0.357. The molecule has 2 aromatic carbocycles. The minimum Gasteiger partial charge on any atom is -0.436 e. The molecule has 0 spiro atoms. The van der Waals surface area contributed by atoms with Gasteiger partial charge in [0.15, 0.2) is 0 Å². The highest BCUT2D eigenvalue weighted by Gasteiger charge is 2.48. The van der Waals surface area contributed by atoms with Crippen molar-refractivity contribution in [2.45, 2.75) is 46.1 Å². The summed E-state index contributed by atoms with van der Waals surface area (Å²) in [5.74, 6) is 1.07. The predicted molar refractivity (Wildman–Crippen MR) is 129 cm³/mol. The quantitative estimate of drug-likeness (QED) is 0.334. The molecule has 1 aliphatic carbocycles. The van der Waals surface area contributed by atoms with Gasteiger partial charge in [0.05, 0.1) is 6.34 Å². The standard InChI is InChI=1S/C28H29N3O/c1-27(2)14-22-15-28(3,17-27)18-31(22)19-30-26-23(16-29)24(20-10-6-4-7-11-20)25(32-26)21-12-8-5-9-13-21/h4-13,19,22H,14-15,17-18H2,1-3H3. The highest BCUT2D eigenvalue weighted by Crippen LogP contribution is 2.52. The van der Waals surface area contributed by atoms with Crippen molar-refractivity contribution in [1.29, 1.82) is 5.26 Å². The van der Waals surface area contributed by atoms with Crippen LogP contribution in [0, 0.1) is 22.2 Å². The second-order valence-electron chi connectivity index (χ2n) is 10.5. The Balaban J connectivity index is 1.56. The molecule has 2 atom stereocenters. The van der Waals surface area contributed by atoms with Crippen molar-refractivity contribution in [3.8, 4) is 28.5 Å². The van der Waals surface area contributed by atoms with Crippen LogP contribution in [0.2, 0.25) is 0 Å². The average molecular weight is 424 g/mol. The summed E-state index contributed by atoms with van der Waals surface area (Å²) in [4.78, 5) is 7.11. The van der Waals surface area contributed by atoms with E-state index in [0.29, 0.717) is 34.1 Å². The lowest BCUT2D eigenvalue weighted by Crippen LogP contribution is -2.34. The maximum atomic E-state index is 10.1. The normalized spacial score (nSPS) is 24.1. The Morgan fingerprint density at radius 2 is 1.66 bits per heavy atom. The zero-order chi connectivity index (χ0) is 22.3. The molecule has 2 heterocycles. The van der Waals surface area contributed by atoms with E-state index in [1.165, 1.54) is 19.3 Å². The van der Waals surface area contributed by atoms with Crippen LogP contribution in [0.25, 0.3) is 22.5 Å². The number of likely N-dealkylation sites (tertiary alicyclic amines) is 1. The molecule has 0 amide bonds. The summed E-state index contributed by atoms with van der Waals surface area (Å²) in [6, 6.07) is 22.8. The number of nitrogens with zero attached hydrogens (tertiary/aromatic N) is 3. The van der Waals surface area contributed by atoms with Gasteiger partial charge in [0, 0.05) is 23.7 Å². The average Bonchev–Trinajstić information content (AvgIpc) is 3.26. The van der Waals surface area contributed by atoms with Gasteiger partial charge in [-0.3, -0.25) is 0 Å². The van der Waals surface area contributed by atoms with Gasteiger partial charge in [-0.1, -0.05) is 81.4 Å². The van der Waals surface area contributed by atoms with Crippen LogP contribution in [-0.2, 0) is 0 Å². The van der Waals surface area contributed by atoms with Gasteiger partial charge in [0.25, 0.3) is 0 Å². The first-order chi connectivity index (χ1) is 15.4. The first-order valence-electron chi connectivity index (χ1n) is 11.4. The zero-order valence-electron chi connectivity index (χ0n) is 19.0. The number of benzene rings is 2. The van der Waals surface area contributed by atoms with Crippen molar-refractivity contribution >= 4 is 12.2 Å². The highest BCUT2D eigenvalue weighted by atomic mass is 16.4. The molecule has 1 saturated heterocycles. The summed E-state index contributed by atoms with van der Waals surface area (Å²) in [5, 5.41) is 10.1. The van der Waals surface area contributed by atoms with Crippen molar-refractivity contribution in [3.63, 3.8) is 0 Å². The minimum absolute atomic E-state index is 0.323. The Kier molecular flexibility index (Phi) is 4.93. The lowest BCUT2D eigenvalue weighted by Gasteiger charge is -2.39. The molecule has 4 heteroatoms. The van der Waals surface area contributed by atoms with Crippen LogP contribution < -0.4 is 0 Å². The molecule has 3 aromatic rings. The number of aliphatic imine (C=N–C) groups is 1. The van der Waals surface area contributed by atoms with E-state index in [1.807, 2.05) is 67.0 Å². The zero-order valence-corrected chi connectivity index (χ0v) is 19.0. The number of fused-ring (bicyclic) bond motifs is 2. The van der Waals surface area contributed by atoms with Gasteiger partial charge in [-0.25, -0.2) is 4.99 Å². The van der Waals surface area contributed by atoms with E-state index in [0.717, 1.165) is 23.2 Å². The third-order valence-electron chi connectivity index (χ3n) is 6.88. The maximum absolute atomic E-state index is 10.1. The van der Waals surface area contributed by atoms with Crippen LogP contribution in [0.15, 0.2) is 70.1 Å². The fourth-order valence-corrected chi connectivity index (χ4v) is 6.05. The van der Waals surface area contributed by atoms with E-state index < -0.39 is 0 Å². The molecule has 32 heavy (non-hydrogen) atoms. The molecule has 1 aliphatic heterocycles. The number of hydrogen-bond donors (Lipinski definition) is 0. The van der Waals surface area contributed by atoms with Crippen molar-refractivity contribution in [3.05, 3.63) is 66.2 Å². The van der Waals surface area contributed by atoms with Crippen LogP contribution in [0.4, 0.5) is 5.88 Å². The first kappa shape index (κ1) is 20.6. The maximum Gasteiger partial charge on any atom is 0.239 e. The van der Waals surface area contributed by atoms with Crippen molar-refractivity contribution in [2.75, 3.05) is 6.54 Å². The van der Waals surface area contributed by atoms with Crippen molar-refractivity contribution in [2.24, 2.45) is 15.8 Å². The van der Waals surface area contributed by atoms with E-state index in [1.54, 1.807) is 0 Å². The lowest BCUT2D eigenvalue weighted by molar-refractivity contribution is 0.133. The smallest absolute Gasteiger partial charge is 0.239 e. The van der Waals surface area contributed by atoms with Gasteiger partial charge < -0.3 is 9.32 Å². The molecule has 2 fully saturated rings. The second-order valence-corrected chi connectivity index (χ2v) is 10.5. The van der Waals surface area contributed by atoms with E-state index in [4.69, 9.17) is 9.41 Å². The molecule has 0 N–H and O–H groups in total. The Labute approximate surface area is 190 Å². The van der Waals surface area contributed by atoms with Gasteiger partial charge in [0.1, 0.15) is 17.4 Å². The summed E-state index contributed by atoms with van der Waals surface area (Å²) >= 11 is 0. The molecule has 2 aliphatic rings. The Morgan fingerprint density at radius 3 is 2.31 bits per heavy atom. The number of nitriles is 1. The summed E-state index contributed by atoms with van der Waals surface area (Å²) in [5.41, 5.74) is 3.86. The van der Waals surface area contributed by atoms with E-state index in [2.05, 4.69) is 31.7 Å². The molecule has 162 valence electrons. The molecule has 2 bridgehead atoms. The second kappa shape index (κ2) is 7.67. The number of furan rings is 1. The summed E-state index contributed by atoms with van der Waals surface area (Å²) in [6.07, 6.45) is 5.53. The van der Waals surface area contributed by atoms with Crippen LogP contribution in [-0.4, -0.2) is 23.8 Å². The van der Waals surface area contributed by atoms with Crippen LogP contribution in [0.5, 0.6) is 0 Å². The monoisotopic (exact) mass is 423 g/mol. The van der Waals surface area contributed by atoms with Gasteiger partial charge in [-0.15, -0.1) is 0 Å². The first-order valence-corrected chi connectivity index (χ1v) is 11.4. The van der Waals surface area contributed by atoms with Crippen LogP contribution in [0.3, 0.4) is 0 Å². The number of rotatable bonds is 4. The van der Waals surface area contributed by atoms with Gasteiger partial charge >= 0.3 is 0 Å². The van der Waals surface area contributed by atoms with E-state index in [-0.39, 0.29) is 0 Å². The van der Waals surface area contributed by atoms with E-state index >= 15 is 0 Å². The van der Waals surface area contributed by atoms with Crippen LogP contribution in [0.1, 0.15) is 45.6 Å². The molecule has 4 nitrogen and oxygen atoms in total. The van der Waals surface area contributed by atoms with Crippen molar-refractivity contribution in [1.82, 2.24) is 4.90 Å². The molecule has 0 radical (unpaired) electrons. The van der Waals surface area contributed by atoms with E-state index in [9.17, 15) is 5.26 Å². The Bertz CT molecular complexity index is 1190. The summed E-state index contributed by atoms with van der Waals surface area (Å²) in [6.45, 7) is 8.14. The Hall–Kier alpha value is -3.32. The molecular formula is C28H29N3O. The molecule has 1 aromatic heterocycles. The summed E-state index contributed by atoms with van der Waals surface area (Å²) < 4.78 is 6.27. The molecule has 2 unspecified atom stereocenters. The topological polar surface area (TPSA) is 52.5 Å². The third kappa shape index (κ3) is 3.73. The van der Waals surface area contributed by atoms with Gasteiger partial charge in [0.2, 0.25) is 5.88 Å². The Morgan fingerprint density at radius 1 is 1.00 bits per heavy atom. The van der Waals surface area contributed by atoms with Gasteiger partial charge in [-0.2, -0.15) is 5.26 Å². The van der Waals surface area contributed by atoms with Crippen LogP contribution >= 0.6 is 0 Å². The fourth-order valence-electron chi connectivity index (χ4n) is 6.05. The largest absolute Gasteiger partial charge is 0.436 e. The SMILES string of the molecule is CC1(C)CC2CC(C)(CN2C=Nc2oc(-c3ccccc3)c(-c3ccccc3)c2C#N)C1. The molecule has 5 rings (SSSR count). The minimum atomic E-state index is 0.323. The predicted octanol–water partition coefficient (Wildman–Crippen LogP) is 7.05.